The first-order chi connectivity index (χ1) is 9.80. The molecule has 0 aliphatic carbocycles. The number of carbonyl (C=O) groups is 1. The summed E-state index contributed by atoms with van der Waals surface area (Å²) in [5, 5.41) is 11.7. The van der Waals surface area contributed by atoms with Crippen LogP contribution in [-0.4, -0.2) is 31.8 Å². The van der Waals surface area contributed by atoms with Gasteiger partial charge in [0.2, 0.25) is 9.84 Å². The van der Waals surface area contributed by atoms with Gasteiger partial charge < -0.3 is 10.4 Å². The van der Waals surface area contributed by atoms with E-state index in [0.29, 0.717) is 12.8 Å². The molecule has 2 N–H and O–H groups in total. The molecule has 0 aromatic heterocycles. The van der Waals surface area contributed by atoms with Crippen molar-refractivity contribution in [3.63, 3.8) is 0 Å². The van der Waals surface area contributed by atoms with Crippen LogP contribution in [-0.2, 0) is 14.6 Å². The van der Waals surface area contributed by atoms with Crippen LogP contribution in [0.15, 0.2) is 29.2 Å². The van der Waals surface area contributed by atoms with Gasteiger partial charge in [0.25, 0.3) is 0 Å². The molecule has 0 fully saturated rings. The maximum absolute atomic E-state index is 12.6. The molecule has 0 saturated heterocycles. The molecule has 0 amide bonds. The van der Waals surface area contributed by atoms with Crippen molar-refractivity contribution < 1.29 is 27.1 Å². The van der Waals surface area contributed by atoms with E-state index in [2.05, 4.69) is 5.32 Å². The Morgan fingerprint density at radius 3 is 2.48 bits per heavy atom. The number of para-hydroxylation sites is 1. The molecule has 0 radical (unpaired) electrons. The maximum atomic E-state index is 12.6. The molecule has 1 aromatic carbocycles. The van der Waals surface area contributed by atoms with Crippen LogP contribution in [0.5, 0.6) is 0 Å². The van der Waals surface area contributed by atoms with Crippen molar-refractivity contribution in [1.29, 1.82) is 0 Å². The van der Waals surface area contributed by atoms with Crippen molar-refractivity contribution in [2.45, 2.75) is 30.4 Å². The molecule has 1 aromatic rings. The molecule has 118 valence electrons. The van der Waals surface area contributed by atoms with Gasteiger partial charge >= 0.3 is 11.7 Å². The fourth-order valence-corrected chi connectivity index (χ4v) is 2.76. The Kier molecular flexibility index (Phi) is 6.07. The Balaban J connectivity index is 2.98. The van der Waals surface area contributed by atoms with Crippen LogP contribution in [0.3, 0.4) is 0 Å². The third kappa shape index (κ3) is 4.38. The first-order valence-corrected chi connectivity index (χ1v) is 7.93. The minimum Gasteiger partial charge on any atom is -0.481 e. The van der Waals surface area contributed by atoms with Crippen LogP contribution in [0, 0.1) is 5.92 Å². The second-order valence-corrected chi connectivity index (χ2v) is 6.39. The molecule has 1 atom stereocenters. The standard InChI is InChI=1S/C13H17F2NO4S/c1-2-5-9(12(17)18)8-16-10-6-3-4-7-11(10)21(19,20)13(14)15/h3-4,6-7,9,13,16H,2,5,8H2,1H3,(H,17,18). The summed E-state index contributed by atoms with van der Waals surface area (Å²) in [5.74, 6) is -5.25. The Bertz CT molecular complexity index is 590. The molecule has 0 saturated carbocycles. The summed E-state index contributed by atoms with van der Waals surface area (Å²) in [4.78, 5) is 10.5. The van der Waals surface area contributed by atoms with Gasteiger partial charge in [-0.15, -0.1) is 0 Å². The number of nitrogens with one attached hydrogen (secondary N) is 1. The lowest BCUT2D eigenvalue weighted by molar-refractivity contribution is -0.141. The average molecular weight is 321 g/mol. The largest absolute Gasteiger partial charge is 0.481 e. The number of carboxylic acids is 1. The number of hydrogen-bond acceptors (Lipinski definition) is 4. The number of anilines is 1. The highest BCUT2D eigenvalue weighted by molar-refractivity contribution is 7.91. The van der Waals surface area contributed by atoms with Crippen molar-refractivity contribution in [1.82, 2.24) is 0 Å². The Morgan fingerprint density at radius 2 is 1.95 bits per heavy atom. The van der Waals surface area contributed by atoms with Crippen molar-refractivity contribution in [3.8, 4) is 0 Å². The fraction of sp³-hybridized carbons (Fsp3) is 0.462. The third-order valence-electron chi connectivity index (χ3n) is 2.95. The molecule has 5 nitrogen and oxygen atoms in total. The Labute approximate surface area is 121 Å². The number of hydrogen-bond donors (Lipinski definition) is 2. The average Bonchev–Trinajstić information content (AvgIpc) is 2.43. The van der Waals surface area contributed by atoms with Crippen LogP contribution >= 0.6 is 0 Å². The summed E-state index contributed by atoms with van der Waals surface area (Å²) in [7, 11) is -4.73. The molecule has 21 heavy (non-hydrogen) atoms. The SMILES string of the molecule is CCCC(CNc1ccccc1S(=O)(=O)C(F)F)C(=O)O. The van der Waals surface area contributed by atoms with Crippen LogP contribution in [0.1, 0.15) is 19.8 Å². The first kappa shape index (κ1) is 17.4. The van der Waals surface area contributed by atoms with Crippen LogP contribution in [0.4, 0.5) is 14.5 Å². The van der Waals surface area contributed by atoms with Crippen molar-refractivity contribution in [2.24, 2.45) is 5.92 Å². The fourth-order valence-electron chi connectivity index (χ4n) is 1.85. The molecule has 1 unspecified atom stereocenters. The topological polar surface area (TPSA) is 83.5 Å². The highest BCUT2D eigenvalue weighted by Gasteiger charge is 2.29. The summed E-state index contributed by atoms with van der Waals surface area (Å²) in [6, 6.07) is 5.23. The van der Waals surface area contributed by atoms with E-state index in [4.69, 9.17) is 5.11 Å². The van der Waals surface area contributed by atoms with E-state index in [1.54, 1.807) is 0 Å². The zero-order chi connectivity index (χ0) is 16.0. The molecule has 0 aliphatic rings. The van der Waals surface area contributed by atoms with Crippen molar-refractivity contribution in [2.75, 3.05) is 11.9 Å². The van der Waals surface area contributed by atoms with E-state index in [-0.39, 0.29) is 12.2 Å². The number of sulfone groups is 1. The van der Waals surface area contributed by atoms with Crippen LogP contribution in [0.2, 0.25) is 0 Å². The number of halogens is 2. The number of aliphatic carboxylic acids is 1. The lowest BCUT2D eigenvalue weighted by Gasteiger charge is -2.16. The van der Waals surface area contributed by atoms with Gasteiger partial charge in [-0.25, -0.2) is 8.42 Å². The summed E-state index contributed by atoms with van der Waals surface area (Å²) in [5.41, 5.74) is -0.0137. The maximum Gasteiger partial charge on any atom is 0.341 e. The number of alkyl halides is 2. The number of carboxylic acid groups (broad SMARTS) is 1. The normalized spacial score (nSPS) is 13.1. The second kappa shape index (κ2) is 7.35. The van der Waals surface area contributed by atoms with Gasteiger partial charge in [0, 0.05) is 6.54 Å². The van der Waals surface area contributed by atoms with E-state index >= 15 is 0 Å². The molecule has 0 spiro atoms. The zero-order valence-electron chi connectivity index (χ0n) is 11.4. The number of rotatable bonds is 8. The molecule has 0 bridgehead atoms. The minimum absolute atomic E-state index is 0.0137. The van der Waals surface area contributed by atoms with Crippen LogP contribution in [0.25, 0.3) is 0 Å². The lowest BCUT2D eigenvalue weighted by atomic mass is 10.0. The molecule has 0 aliphatic heterocycles. The monoisotopic (exact) mass is 321 g/mol. The highest BCUT2D eigenvalue weighted by Crippen LogP contribution is 2.26. The van der Waals surface area contributed by atoms with Gasteiger partial charge in [0.15, 0.2) is 0 Å². The minimum atomic E-state index is -4.73. The summed E-state index contributed by atoms with van der Waals surface area (Å²) in [6.45, 7) is 1.80. The molecular weight excluding hydrogens is 304 g/mol. The Hall–Kier alpha value is -1.70. The van der Waals surface area contributed by atoms with Crippen molar-refractivity contribution in [3.05, 3.63) is 24.3 Å². The molecule has 0 heterocycles. The number of benzene rings is 1. The highest BCUT2D eigenvalue weighted by atomic mass is 32.2. The van der Waals surface area contributed by atoms with Crippen LogP contribution < -0.4 is 5.32 Å². The predicted molar refractivity (Wildman–Crippen MR) is 74.2 cm³/mol. The van der Waals surface area contributed by atoms with Gasteiger partial charge in [-0.2, -0.15) is 8.78 Å². The summed E-state index contributed by atoms with van der Waals surface area (Å²) in [6.07, 6.45) is 1.06. The van der Waals surface area contributed by atoms with E-state index in [0.717, 1.165) is 6.07 Å². The quantitative estimate of drug-likeness (QED) is 0.769. The van der Waals surface area contributed by atoms with Crippen molar-refractivity contribution >= 4 is 21.5 Å². The molecule has 8 heteroatoms. The van der Waals surface area contributed by atoms with Gasteiger partial charge in [0.05, 0.1) is 16.5 Å². The van der Waals surface area contributed by atoms with E-state index in [1.165, 1.54) is 18.2 Å². The third-order valence-corrected chi connectivity index (χ3v) is 4.39. The summed E-state index contributed by atoms with van der Waals surface area (Å²) >= 11 is 0. The lowest BCUT2D eigenvalue weighted by Crippen LogP contribution is -2.24. The smallest absolute Gasteiger partial charge is 0.341 e. The summed E-state index contributed by atoms with van der Waals surface area (Å²) < 4.78 is 48.3. The zero-order valence-corrected chi connectivity index (χ0v) is 12.2. The predicted octanol–water partition coefficient (Wildman–Crippen LogP) is 2.60. The molecular formula is C13H17F2NO4S. The van der Waals surface area contributed by atoms with E-state index in [9.17, 15) is 22.0 Å². The first-order valence-electron chi connectivity index (χ1n) is 6.38. The molecule has 1 rings (SSSR count). The van der Waals surface area contributed by atoms with E-state index in [1.807, 2.05) is 6.92 Å². The Morgan fingerprint density at radius 1 is 1.33 bits per heavy atom. The van der Waals surface area contributed by atoms with Gasteiger partial charge in [-0.05, 0) is 18.6 Å². The van der Waals surface area contributed by atoms with Gasteiger partial charge in [-0.1, -0.05) is 25.5 Å². The van der Waals surface area contributed by atoms with Gasteiger partial charge in [0.1, 0.15) is 0 Å². The second-order valence-electron chi connectivity index (χ2n) is 4.51. The van der Waals surface area contributed by atoms with E-state index < -0.39 is 32.4 Å². The van der Waals surface area contributed by atoms with Gasteiger partial charge in [-0.3, -0.25) is 4.79 Å².